The molecule has 0 amide bonds. The molecule has 3 heterocycles. The number of rotatable bonds is 3. The first kappa shape index (κ1) is 21.0. The van der Waals surface area contributed by atoms with Gasteiger partial charge >= 0.3 is 6.18 Å². The Labute approximate surface area is 175 Å². The fraction of sp³-hybridized carbons (Fsp3) is 0.526. The highest BCUT2D eigenvalue weighted by Crippen LogP contribution is 2.46. The van der Waals surface area contributed by atoms with E-state index in [1.165, 1.54) is 12.1 Å². The molecular formula is C19H23F3N6OS. The number of aromatic amines is 1. The number of halogens is 3. The van der Waals surface area contributed by atoms with Gasteiger partial charge in [-0.1, -0.05) is 18.2 Å². The number of hydrogen-bond donors (Lipinski definition) is 3. The lowest BCUT2D eigenvalue weighted by molar-refractivity contribution is -0.143. The molecular weight excluding hydrogens is 417 g/mol. The first-order chi connectivity index (χ1) is 14.2. The van der Waals surface area contributed by atoms with Crippen LogP contribution in [0.3, 0.4) is 0 Å². The van der Waals surface area contributed by atoms with Crippen molar-refractivity contribution >= 4 is 23.4 Å². The summed E-state index contributed by atoms with van der Waals surface area (Å²) in [4.78, 5) is 24.6. The van der Waals surface area contributed by atoms with Crippen molar-refractivity contribution in [2.45, 2.75) is 54.2 Å². The van der Waals surface area contributed by atoms with Crippen LogP contribution in [0.5, 0.6) is 0 Å². The highest BCUT2D eigenvalue weighted by atomic mass is 32.2. The van der Waals surface area contributed by atoms with Crippen LogP contribution in [-0.2, 0) is 6.18 Å². The van der Waals surface area contributed by atoms with Gasteiger partial charge in [-0.3, -0.25) is 9.78 Å². The Hall–Kier alpha value is -2.27. The number of pyridine rings is 1. The number of aromatic nitrogens is 3. The van der Waals surface area contributed by atoms with Gasteiger partial charge in [-0.15, -0.1) is 0 Å². The lowest BCUT2D eigenvalue weighted by Crippen LogP contribution is -2.48. The largest absolute Gasteiger partial charge is 0.434 e. The third-order valence-electron chi connectivity index (χ3n) is 6.18. The van der Waals surface area contributed by atoms with Crippen molar-refractivity contribution in [3.63, 3.8) is 0 Å². The number of alkyl halides is 3. The first-order valence-corrected chi connectivity index (χ1v) is 10.6. The maximum absolute atomic E-state index is 13.2. The van der Waals surface area contributed by atoms with Gasteiger partial charge in [0.25, 0.3) is 5.56 Å². The van der Waals surface area contributed by atoms with Crippen LogP contribution >= 0.6 is 11.8 Å². The highest BCUT2D eigenvalue weighted by Gasteiger charge is 2.43. The molecule has 11 heteroatoms. The van der Waals surface area contributed by atoms with Gasteiger partial charge in [-0.05, 0) is 43.2 Å². The van der Waals surface area contributed by atoms with Crippen molar-refractivity contribution in [3.8, 4) is 0 Å². The van der Waals surface area contributed by atoms with E-state index >= 15 is 0 Å². The summed E-state index contributed by atoms with van der Waals surface area (Å²) in [6.45, 7) is 1.30. The van der Waals surface area contributed by atoms with E-state index < -0.39 is 17.4 Å². The minimum absolute atomic E-state index is 0.0237. The summed E-state index contributed by atoms with van der Waals surface area (Å²) < 4.78 is 39.5. The van der Waals surface area contributed by atoms with E-state index in [0.29, 0.717) is 24.9 Å². The van der Waals surface area contributed by atoms with Gasteiger partial charge in [0.05, 0.1) is 0 Å². The first-order valence-electron chi connectivity index (χ1n) is 9.80. The zero-order chi connectivity index (χ0) is 21.5. The van der Waals surface area contributed by atoms with E-state index in [0.717, 1.165) is 38.3 Å². The van der Waals surface area contributed by atoms with Crippen LogP contribution < -0.4 is 21.9 Å². The van der Waals surface area contributed by atoms with Crippen molar-refractivity contribution in [3.05, 3.63) is 34.4 Å². The molecule has 0 bridgehead atoms. The number of nitrogens with zero attached hydrogens (tertiary/aromatic N) is 3. The second-order valence-electron chi connectivity index (χ2n) is 7.90. The van der Waals surface area contributed by atoms with Crippen molar-refractivity contribution in [2.24, 2.45) is 11.1 Å². The van der Waals surface area contributed by atoms with Gasteiger partial charge in [0.2, 0.25) is 0 Å². The molecule has 162 valence electrons. The smallest absolute Gasteiger partial charge is 0.381 e. The minimum Gasteiger partial charge on any atom is -0.381 e. The van der Waals surface area contributed by atoms with Crippen molar-refractivity contribution in [2.75, 3.05) is 23.7 Å². The lowest BCUT2D eigenvalue weighted by Gasteiger charge is -2.42. The van der Waals surface area contributed by atoms with Gasteiger partial charge in [0, 0.05) is 30.2 Å². The molecule has 1 spiro atoms. The van der Waals surface area contributed by atoms with Crippen LogP contribution in [0, 0.1) is 5.41 Å². The molecule has 2 aromatic rings. The highest BCUT2D eigenvalue weighted by molar-refractivity contribution is 7.99. The molecule has 0 radical (unpaired) electrons. The average Bonchev–Trinajstić information content (AvgIpc) is 3.05. The number of piperidine rings is 1. The Morgan fingerprint density at radius 1 is 1.27 bits per heavy atom. The van der Waals surface area contributed by atoms with Crippen molar-refractivity contribution < 1.29 is 13.2 Å². The molecule has 1 aliphatic heterocycles. The molecule has 2 aromatic heterocycles. The summed E-state index contributed by atoms with van der Waals surface area (Å²) in [5.74, 6) is 0.171. The molecule has 1 saturated heterocycles. The lowest BCUT2D eigenvalue weighted by atomic mass is 9.74. The molecule has 1 unspecified atom stereocenters. The molecule has 1 saturated carbocycles. The number of H-pyrrole nitrogens is 1. The summed E-state index contributed by atoms with van der Waals surface area (Å²) in [5.41, 5.74) is 10.9. The van der Waals surface area contributed by atoms with Gasteiger partial charge in [-0.2, -0.15) is 13.2 Å². The molecule has 7 nitrogen and oxygen atoms in total. The predicted octanol–water partition coefficient (Wildman–Crippen LogP) is 3.01. The van der Waals surface area contributed by atoms with Gasteiger partial charge in [-0.25, -0.2) is 4.98 Å². The maximum atomic E-state index is 13.2. The maximum Gasteiger partial charge on any atom is 0.434 e. The summed E-state index contributed by atoms with van der Waals surface area (Å²) >= 11 is 0.692. The molecule has 2 fully saturated rings. The van der Waals surface area contributed by atoms with Gasteiger partial charge in [0.15, 0.2) is 17.3 Å². The average molecular weight is 440 g/mol. The van der Waals surface area contributed by atoms with E-state index in [-0.39, 0.29) is 33.0 Å². The molecule has 4 rings (SSSR count). The quantitative estimate of drug-likeness (QED) is 0.672. The van der Waals surface area contributed by atoms with E-state index in [2.05, 4.69) is 15.0 Å². The van der Waals surface area contributed by atoms with E-state index in [4.69, 9.17) is 11.5 Å². The molecule has 1 atom stereocenters. The third-order valence-corrected chi connectivity index (χ3v) is 7.24. The van der Waals surface area contributed by atoms with E-state index in [1.807, 2.05) is 4.90 Å². The zero-order valence-corrected chi connectivity index (χ0v) is 17.0. The van der Waals surface area contributed by atoms with Crippen LogP contribution in [0.15, 0.2) is 33.0 Å². The Morgan fingerprint density at radius 3 is 2.63 bits per heavy atom. The number of nitrogens with two attached hydrogens (primary N) is 2. The standard InChI is InChI=1S/C19H23F3N6OS/c20-19(21,22)13-11(3-2-8-25-13)30-17-14(24)26-15(16(29)27-17)28-9-6-18(7-10-28)5-1-4-12(18)23/h2-3,8,12H,1,4-7,9-10,23H2,(H2,24,26)(H,27,29). The normalized spacial score (nSPS) is 21.3. The van der Waals surface area contributed by atoms with Crippen LogP contribution in [-0.4, -0.2) is 34.1 Å². The minimum atomic E-state index is -4.61. The fourth-order valence-electron chi connectivity index (χ4n) is 4.48. The third kappa shape index (κ3) is 3.87. The number of hydrogen-bond acceptors (Lipinski definition) is 7. The SMILES string of the molecule is Nc1nc(N2CCC3(CCCC3N)CC2)c(=O)[nH]c1Sc1cccnc1C(F)(F)F. The van der Waals surface area contributed by atoms with Crippen molar-refractivity contribution in [1.82, 2.24) is 15.0 Å². The van der Waals surface area contributed by atoms with Gasteiger partial charge in [0.1, 0.15) is 5.03 Å². The Morgan fingerprint density at radius 2 is 2.00 bits per heavy atom. The monoisotopic (exact) mass is 440 g/mol. The van der Waals surface area contributed by atoms with E-state index in [1.54, 1.807) is 0 Å². The summed E-state index contributed by atoms with van der Waals surface area (Å²) in [6.07, 6.45) is 1.50. The van der Waals surface area contributed by atoms with Crippen molar-refractivity contribution in [1.29, 1.82) is 0 Å². The Kier molecular flexibility index (Phi) is 5.43. The van der Waals surface area contributed by atoms with Crippen LogP contribution in [0.25, 0.3) is 0 Å². The van der Waals surface area contributed by atoms with Crippen LogP contribution in [0.4, 0.5) is 24.8 Å². The topological polar surface area (TPSA) is 114 Å². The predicted molar refractivity (Wildman–Crippen MR) is 108 cm³/mol. The second kappa shape index (κ2) is 7.77. The number of anilines is 2. The van der Waals surface area contributed by atoms with Crippen LogP contribution in [0.2, 0.25) is 0 Å². The molecule has 2 aliphatic rings. The summed E-state index contributed by atoms with van der Waals surface area (Å²) in [6, 6.07) is 2.86. The summed E-state index contributed by atoms with van der Waals surface area (Å²) in [7, 11) is 0. The fourth-order valence-corrected chi connectivity index (χ4v) is 5.40. The zero-order valence-electron chi connectivity index (χ0n) is 16.2. The van der Waals surface area contributed by atoms with Gasteiger partial charge < -0.3 is 21.4 Å². The van der Waals surface area contributed by atoms with E-state index in [9.17, 15) is 18.0 Å². The second-order valence-corrected chi connectivity index (χ2v) is 8.95. The summed E-state index contributed by atoms with van der Waals surface area (Å²) in [5, 5.41) is 0.0635. The molecule has 5 N–H and O–H groups in total. The Balaban J connectivity index is 1.55. The molecule has 0 aromatic carbocycles. The number of nitrogens with one attached hydrogen (secondary N) is 1. The molecule has 30 heavy (non-hydrogen) atoms. The van der Waals surface area contributed by atoms with Crippen LogP contribution in [0.1, 0.15) is 37.8 Å². The Bertz CT molecular complexity index is 987. The number of nitrogen functional groups attached to an aromatic ring is 1. The molecule has 1 aliphatic carbocycles.